The summed E-state index contributed by atoms with van der Waals surface area (Å²) in [5, 5.41) is 35.3. The summed E-state index contributed by atoms with van der Waals surface area (Å²) in [5.41, 5.74) is 5.88. The Hall–Kier alpha value is -2.38. The van der Waals surface area contributed by atoms with E-state index in [-0.39, 0.29) is 47.5 Å². The number of nitrogens with one attached hydrogen (secondary N) is 1. The Labute approximate surface area is 184 Å². The number of rotatable bonds is 6. The van der Waals surface area contributed by atoms with Gasteiger partial charge in [-0.3, -0.25) is 4.79 Å². The second kappa shape index (κ2) is 7.89. The van der Waals surface area contributed by atoms with Gasteiger partial charge in [0.25, 0.3) is 0 Å². The van der Waals surface area contributed by atoms with Crippen molar-refractivity contribution in [3.8, 4) is 11.5 Å². The number of nitrogens with two attached hydrogens (primary N) is 1. The van der Waals surface area contributed by atoms with E-state index in [2.05, 4.69) is 5.32 Å². The fourth-order valence-electron chi connectivity index (χ4n) is 4.77. The van der Waals surface area contributed by atoms with Crippen molar-refractivity contribution < 1.29 is 38.9 Å². The van der Waals surface area contributed by atoms with E-state index in [1.807, 2.05) is 0 Å². The number of aromatic carboxylic acids is 1. The Morgan fingerprint density at radius 3 is 2.78 bits per heavy atom. The molecule has 0 bridgehead atoms. The van der Waals surface area contributed by atoms with Gasteiger partial charge in [-0.1, -0.05) is 18.3 Å². The van der Waals surface area contributed by atoms with Crippen LogP contribution in [-0.4, -0.2) is 84.6 Å². The van der Waals surface area contributed by atoms with E-state index in [4.69, 9.17) is 19.9 Å². The van der Waals surface area contributed by atoms with Crippen LogP contribution in [0.2, 0.25) is 5.82 Å². The van der Waals surface area contributed by atoms with Crippen molar-refractivity contribution in [2.75, 3.05) is 32.8 Å². The van der Waals surface area contributed by atoms with Crippen LogP contribution in [0.1, 0.15) is 34.7 Å². The summed E-state index contributed by atoms with van der Waals surface area (Å²) < 4.78 is 16.8. The van der Waals surface area contributed by atoms with Gasteiger partial charge in [0.1, 0.15) is 11.9 Å². The predicted octanol–water partition coefficient (Wildman–Crippen LogP) is -2.48. The molecule has 0 spiro atoms. The highest BCUT2D eigenvalue weighted by atomic mass is 16.6. The van der Waals surface area contributed by atoms with E-state index in [1.54, 1.807) is 11.0 Å². The Bertz CT molecular complexity index is 930. The normalized spacial score (nSPS) is 30.4. The van der Waals surface area contributed by atoms with E-state index < -0.39 is 24.6 Å². The molecule has 4 atom stereocenters. The van der Waals surface area contributed by atoms with Gasteiger partial charge in [0, 0.05) is 19.1 Å². The third-order valence-electron chi connectivity index (χ3n) is 6.79. The van der Waals surface area contributed by atoms with Crippen LogP contribution in [0.3, 0.4) is 0 Å². The van der Waals surface area contributed by atoms with Gasteiger partial charge in [0.05, 0.1) is 49.5 Å². The maximum Gasteiger partial charge on any atom is 0.434 e. The lowest BCUT2D eigenvalue weighted by Crippen LogP contribution is -2.58. The van der Waals surface area contributed by atoms with Gasteiger partial charge in [0.15, 0.2) is 0 Å². The van der Waals surface area contributed by atoms with Crippen molar-refractivity contribution in [1.82, 2.24) is 10.2 Å². The molecule has 3 heterocycles. The van der Waals surface area contributed by atoms with E-state index in [9.17, 15) is 24.7 Å². The molecular weight excluding hydrogens is 421 g/mol. The Kier molecular flexibility index (Phi) is 5.29. The number of amides is 1. The first-order chi connectivity index (χ1) is 15.3. The van der Waals surface area contributed by atoms with Crippen LogP contribution < -0.4 is 25.5 Å². The second-order valence-corrected chi connectivity index (χ2v) is 9.07. The lowest BCUT2D eigenvalue weighted by Gasteiger charge is -2.41. The molecule has 0 radical (unpaired) electrons. The molecule has 2 saturated heterocycles. The first-order valence-corrected chi connectivity index (χ1v) is 10.9. The van der Waals surface area contributed by atoms with Gasteiger partial charge in [-0.2, -0.15) is 0 Å². The van der Waals surface area contributed by atoms with Gasteiger partial charge >= 0.3 is 6.75 Å². The number of hydrogen-bond acceptors (Lipinski definition) is 10. The molecule has 174 valence electrons. The van der Waals surface area contributed by atoms with Crippen molar-refractivity contribution >= 4 is 18.6 Å². The third-order valence-corrected chi connectivity index (χ3v) is 6.79. The van der Waals surface area contributed by atoms with E-state index in [1.165, 1.54) is 6.07 Å². The maximum absolute atomic E-state index is 12.5. The fraction of sp³-hybridized carbons (Fsp3) is 0.600. The predicted molar refractivity (Wildman–Crippen MR) is 109 cm³/mol. The molecular formula is C20H26BN3O8-2. The van der Waals surface area contributed by atoms with E-state index >= 15 is 0 Å². The maximum atomic E-state index is 12.5. The molecule has 5 N–H and O–H groups in total. The summed E-state index contributed by atoms with van der Waals surface area (Å²) in [4.78, 5) is 25.9. The van der Waals surface area contributed by atoms with Crippen LogP contribution >= 0.6 is 0 Å². The molecule has 1 amide bonds. The number of carboxylic acids is 1. The molecule has 1 aromatic carbocycles. The van der Waals surface area contributed by atoms with Crippen LogP contribution in [0.25, 0.3) is 0 Å². The molecule has 5 rings (SSSR count). The summed E-state index contributed by atoms with van der Waals surface area (Å²) in [7, 11) is 0. The third kappa shape index (κ3) is 3.82. The largest absolute Gasteiger partial charge is 0.669 e. The molecule has 11 nitrogen and oxygen atoms in total. The Balaban J connectivity index is 1.20. The summed E-state index contributed by atoms with van der Waals surface area (Å²) in [6, 6.07) is 3.34. The van der Waals surface area contributed by atoms with Crippen LogP contribution in [0, 0.1) is 0 Å². The average molecular weight is 447 g/mol. The minimum absolute atomic E-state index is 0.0270. The van der Waals surface area contributed by atoms with Crippen LogP contribution in [0.4, 0.5) is 0 Å². The highest BCUT2D eigenvalue weighted by Gasteiger charge is 2.55. The standard InChI is InChI=1S/C20H27BN3O8/c22-5-10-9-30-11(6-23-10)3-17(25)24-7-12(8-24)31-16-2-1-13-14-4-15(14)21(28,29)32-19(13)18(16)20(26)27/h1-2,10-12,14-15,23,28-29H,3-9,22H2,(H,26,27)/q-1/p-1/t10?,11?,14-,15-/m1/s1. The molecule has 3 fully saturated rings. The van der Waals surface area contributed by atoms with Gasteiger partial charge in [-0.15, -0.1) is 0 Å². The number of nitrogens with zero attached hydrogens (tertiary/aromatic N) is 1. The lowest BCUT2D eigenvalue weighted by molar-refractivity contribution is -0.255. The zero-order chi connectivity index (χ0) is 22.6. The minimum Gasteiger partial charge on any atom is -0.669 e. The monoisotopic (exact) mass is 447 g/mol. The Morgan fingerprint density at radius 1 is 1.34 bits per heavy atom. The fourth-order valence-corrected chi connectivity index (χ4v) is 4.77. The quantitative estimate of drug-likeness (QED) is 0.343. The topological polar surface area (TPSA) is 167 Å². The number of benzene rings is 1. The SMILES string of the molecule is NCC1COC(CC(=O)N2CC(Oc3ccc4c(c3C(=O)[O-])O[B-](O)(O)[C@@H]3C[C@H]43)C2)CN1. The van der Waals surface area contributed by atoms with Crippen molar-refractivity contribution in [3.63, 3.8) is 0 Å². The van der Waals surface area contributed by atoms with Gasteiger partial charge in [0.2, 0.25) is 5.91 Å². The molecule has 1 aliphatic carbocycles. The minimum atomic E-state index is -3.12. The van der Waals surface area contributed by atoms with Crippen LogP contribution in [0.5, 0.6) is 11.5 Å². The average Bonchev–Trinajstić information content (AvgIpc) is 3.52. The second-order valence-electron chi connectivity index (χ2n) is 9.07. The first-order valence-electron chi connectivity index (χ1n) is 10.9. The number of fused-ring (bicyclic) bond motifs is 3. The molecule has 12 heteroatoms. The van der Waals surface area contributed by atoms with Gasteiger partial charge in [-0.25, -0.2) is 0 Å². The molecule has 1 saturated carbocycles. The van der Waals surface area contributed by atoms with Gasteiger partial charge in [-0.05, 0) is 17.5 Å². The van der Waals surface area contributed by atoms with Crippen LogP contribution in [-0.2, 0) is 9.53 Å². The number of carboxylic acid groups (broad SMARTS) is 1. The molecule has 0 aromatic heterocycles. The Morgan fingerprint density at radius 2 is 2.12 bits per heavy atom. The summed E-state index contributed by atoms with van der Waals surface area (Å²) >= 11 is 0. The number of carbonyl (C=O) groups is 2. The highest BCUT2D eigenvalue weighted by molar-refractivity contribution is 6.62. The molecule has 3 aliphatic heterocycles. The molecule has 4 aliphatic rings. The molecule has 32 heavy (non-hydrogen) atoms. The van der Waals surface area contributed by atoms with E-state index in [0.29, 0.717) is 44.8 Å². The number of carbonyl (C=O) groups excluding carboxylic acids is 2. The number of hydrogen-bond donors (Lipinski definition) is 4. The zero-order valence-corrected chi connectivity index (χ0v) is 17.4. The van der Waals surface area contributed by atoms with Crippen molar-refractivity contribution in [1.29, 1.82) is 0 Å². The number of likely N-dealkylation sites (tertiary alicyclic amines) is 1. The van der Waals surface area contributed by atoms with Crippen molar-refractivity contribution in [2.24, 2.45) is 5.73 Å². The van der Waals surface area contributed by atoms with Crippen molar-refractivity contribution in [2.45, 2.75) is 42.8 Å². The summed E-state index contributed by atoms with van der Waals surface area (Å²) in [6.45, 7) is -0.984. The van der Waals surface area contributed by atoms with Crippen molar-refractivity contribution in [3.05, 3.63) is 23.3 Å². The van der Waals surface area contributed by atoms with E-state index in [0.717, 1.165) is 0 Å². The highest BCUT2D eigenvalue weighted by Crippen LogP contribution is 2.63. The molecule has 2 unspecified atom stereocenters. The number of ether oxygens (including phenoxy) is 2. The van der Waals surface area contributed by atoms with Crippen LogP contribution in [0.15, 0.2) is 12.1 Å². The lowest BCUT2D eigenvalue weighted by atomic mass is 9.68. The van der Waals surface area contributed by atoms with Gasteiger partial charge < -0.3 is 50.0 Å². The summed E-state index contributed by atoms with van der Waals surface area (Å²) in [5.74, 6) is -2.22. The summed E-state index contributed by atoms with van der Waals surface area (Å²) in [6.07, 6.45) is 0.170. The number of morpholine rings is 1. The molecule has 1 aromatic rings. The smallest absolute Gasteiger partial charge is 0.434 e. The first kappa shape index (κ1) is 21.5. The zero-order valence-electron chi connectivity index (χ0n) is 17.4.